The number of benzene rings is 4. The standard InChI is InChI=1S/C34H38N2O4/c1-39-31-9-3-27(4-10-31)21-35-17-15-25-7-14-34(38)30(20-25)24-36(22-28-5-11-32(40-2)12-6-28)18-16-26-8-13-33(37)29(19-26)23-35/h3-14,19-20,37-38H,15-18,21-24H2,1-2H3. The Labute approximate surface area is 237 Å². The summed E-state index contributed by atoms with van der Waals surface area (Å²) in [5.74, 6) is 2.34. The molecule has 4 bridgehead atoms. The number of rotatable bonds is 6. The third-order valence-corrected chi connectivity index (χ3v) is 7.64. The fraction of sp³-hybridized carbons (Fsp3) is 0.294. The van der Waals surface area contributed by atoms with Gasteiger partial charge < -0.3 is 19.7 Å². The molecular formula is C34H38N2O4. The molecule has 5 rings (SSSR count). The Hall–Kier alpha value is -4.00. The Balaban J connectivity index is 1.42. The minimum absolute atomic E-state index is 0.331. The Bertz CT molecular complexity index is 1290. The van der Waals surface area contributed by atoms with Gasteiger partial charge in [0.15, 0.2) is 0 Å². The number of aromatic hydroxyl groups is 2. The number of nitrogens with zero attached hydrogens (tertiary/aromatic N) is 2. The summed E-state index contributed by atoms with van der Waals surface area (Å²) < 4.78 is 10.7. The summed E-state index contributed by atoms with van der Waals surface area (Å²) in [6.45, 7) is 4.44. The van der Waals surface area contributed by atoms with Crippen LogP contribution in [0.2, 0.25) is 0 Å². The van der Waals surface area contributed by atoms with Crippen LogP contribution in [0.1, 0.15) is 33.4 Å². The lowest BCUT2D eigenvalue weighted by molar-refractivity contribution is 0.251. The van der Waals surface area contributed by atoms with Crippen molar-refractivity contribution in [3.63, 3.8) is 0 Å². The van der Waals surface area contributed by atoms with Crippen molar-refractivity contribution in [3.8, 4) is 23.0 Å². The van der Waals surface area contributed by atoms with Gasteiger partial charge >= 0.3 is 0 Å². The van der Waals surface area contributed by atoms with E-state index < -0.39 is 0 Å². The molecular weight excluding hydrogens is 500 g/mol. The van der Waals surface area contributed by atoms with Crippen LogP contribution in [0.4, 0.5) is 0 Å². The van der Waals surface area contributed by atoms with Crippen molar-refractivity contribution in [1.29, 1.82) is 0 Å². The molecule has 6 heteroatoms. The number of hydrogen-bond donors (Lipinski definition) is 2. The summed E-state index contributed by atoms with van der Waals surface area (Å²) in [4.78, 5) is 4.74. The lowest BCUT2D eigenvalue weighted by atomic mass is 10.0. The lowest BCUT2D eigenvalue weighted by Crippen LogP contribution is -2.27. The number of ether oxygens (including phenoxy) is 2. The summed E-state index contributed by atoms with van der Waals surface area (Å²) in [7, 11) is 3.35. The van der Waals surface area contributed by atoms with Crippen molar-refractivity contribution in [2.24, 2.45) is 0 Å². The molecule has 1 heterocycles. The second-order valence-electron chi connectivity index (χ2n) is 10.5. The monoisotopic (exact) mass is 538 g/mol. The summed E-state index contributed by atoms with van der Waals surface area (Å²) >= 11 is 0. The highest BCUT2D eigenvalue weighted by atomic mass is 16.5. The third-order valence-electron chi connectivity index (χ3n) is 7.64. The van der Waals surface area contributed by atoms with Gasteiger partial charge in [0.05, 0.1) is 14.2 Å². The average Bonchev–Trinajstić information content (AvgIpc) is 2.98. The molecule has 0 aromatic heterocycles. The molecule has 0 spiro atoms. The predicted molar refractivity (Wildman–Crippen MR) is 158 cm³/mol. The molecule has 0 atom stereocenters. The van der Waals surface area contributed by atoms with Gasteiger partial charge in [-0.15, -0.1) is 0 Å². The zero-order valence-electron chi connectivity index (χ0n) is 23.3. The molecule has 0 saturated carbocycles. The Morgan fingerprint density at radius 1 is 0.575 bits per heavy atom. The van der Waals surface area contributed by atoms with Crippen molar-refractivity contribution in [2.75, 3.05) is 27.3 Å². The van der Waals surface area contributed by atoms with Crippen LogP contribution in [0.3, 0.4) is 0 Å². The highest BCUT2D eigenvalue weighted by molar-refractivity contribution is 5.38. The first-order chi connectivity index (χ1) is 19.5. The second kappa shape index (κ2) is 12.9. The van der Waals surface area contributed by atoms with Gasteiger partial charge in [-0.3, -0.25) is 9.80 Å². The van der Waals surface area contributed by atoms with Crippen LogP contribution in [0, 0.1) is 0 Å². The largest absolute Gasteiger partial charge is 0.508 e. The number of methoxy groups -OCH3 is 2. The third kappa shape index (κ3) is 7.14. The van der Waals surface area contributed by atoms with E-state index in [1.54, 1.807) is 14.2 Å². The molecule has 2 N–H and O–H groups in total. The Kier molecular flexibility index (Phi) is 8.89. The molecule has 0 fully saturated rings. The Morgan fingerprint density at radius 3 is 1.35 bits per heavy atom. The summed E-state index contributed by atoms with van der Waals surface area (Å²) in [6, 6.07) is 28.3. The molecule has 40 heavy (non-hydrogen) atoms. The van der Waals surface area contributed by atoms with Crippen molar-refractivity contribution in [3.05, 3.63) is 118 Å². The molecule has 1 aliphatic heterocycles. The molecule has 4 aromatic carbocycles. The van der Waals surface area contributed by atoms with Crippen molar-refractivity contribution in [2.45, 2.75) is 39.0 Å². The van der Waals surface area contributed by atoms with Crippen molar-refractivity contribution >= 4 is 0 Å². The van der Waals surface area contributed by atoms with Crippen LogP contribution in [-0.2, 0) is 39.0 Å². The van der Waals surface area contributed by atoms with Crippen molar-refractivity contribution in [1.82, 2.24) is 9.80 Å². The molecule has 6 nitrogen and oxygen atoms in total. The van der Waals surface area contributed by atoms with Crippen LogP contribution in [0.15, 0.2) is 84.9 Å². The SMILES string of the molecule is COc1ccc(CN2CCc3ccc(O)c(c3)CN(Cc3ccc(OC)cc3)CCc3ccc(O)c(c3)C2)cc1. The van der Waals surface area contributed by atoms with Crippen molar-refractivity contribution < 1.29 is 19.7 Å². The smallest absolute Gasteiger partial charge is 0.120 e. The highest BCUT2D eigenvalue weighted by Gasteiger charge is 2.16. The van der Waals surface area contributed by atoms with E-state index in [9.17, 15) is 10.2 Å². The molecule has 208 valence electrons. The van der Waals surface area contributed by atoms with Gasteiger partial charge in [0.25, 0.3) is 0 Å². The summed E-state index contributed by atoms with van der Waals surface area (Å²) in [6.07, 6.45) is 1.67. The lowest BCUT2D eigenvalue weighted by Gasteiger charge is -2.26. The maximum atomic E-state index is 10.8. The van der Waals surface area contributed by atoms with Crippen LogP contribution >= 0.6 is 0 Å². The van der Waals surface area contributed by atoms with E-state index in [2.05, 4.69) is 46.2 Å². The fourth-order valence-corrected chi connectivity index (χ4v) is 5.30. The van der Waals surface area contributed by atoms with Crippen LogP contribution in [0.5, 0.6) is 23.0 Å². The van der Waals surface area contributed by atoms with E-state index in [4.69, 9.17) is 9.47 Å². The van der Waals surface area contributed by atoms with E-state index in [-0.39, 0.29) is 0 Å². The molecule has 0 saturated heterocycles. The zero-order chi connectivity index (χ0) is 27.9. The first kappa shape index (κ1) is 27.6. The number of fused-ring (bicyclic) bond motifs is 4. The number of phenolic OH excluding ortho intramolecular Hbond substituents is 2. The number of hydrogen-bond acceptors (Lipinski definition) is 6. The summed E-state index contributed by atoms with van der Waals surface area (Å²) in [5, 5.41) is 21.5. The molecule has 0 amide bonds. The molecule has 4 aromatic rings. The normalized spacial score (nSPS) is 14.8. The molecule has 0 radical (unpaired) electrons. The van der Waals surface area contributed by atoms with E-state index >= 15 is 0 Å². The van der Waals surface area contributed by atoms with E-state index in [0.29, 0.717) is 24.6 Å². The van der Waals surface area contributed by atoms with Crippen LogP contribution in [-0.4, -0.2) is 47.3 Å². The maximum absolute atomic E-state index is 10.8. The average molecular weight is 539 g/mol. The van der Waals surface area contributed by atoms with Gasteiger partial charge in [0.2, 0.25) is 0 Å². The highest BCUT2D eigenvalue weighted by Crippen LogP contribution is 2.26. The van der Waals surface area contributed by atoms with Gasteiger partial charge in [0, 0.05) is 50.4 Å². The first-order valence-electron chi connectivity index (χ1n) is 13.8. The quantitative estimate of drug-likeness (QED) is 0.318. The molecule has 0 aliphatic carbocycles. The fourth-order valence-electron chi connectivity index (χ4n) is 5.30. The Morgan fingerprint density at radius 2 is 0.975 bits per heavy atom. The van der Waals surface area contributed by atoms with E-state index in [1.807, 2.05) is 48.5 Å². The van der Waals surface area contributed by atoms with Gasteiger partial charge in [-0.2, -0.15) is 0 Å². The predicted octanol–water partition coefficient (Wildman–Crippen LogP) is 5.92. The minimum Gasteiger partial charge on any atom is -0.508 e. The van der Waals surface area contributed by atoms with E-state index in [0.717, 1.165) is 61.6 Å². The zero-order valence-corrected chi connectivity index (χ0v) is 23.3. The van der Waals surface area contributed by atoms with Gasteiger partial charge in [0.1, 0.15) is 23.0 Å². The molecule has 0 unspecified atom stereocenters. The first-order valence-corrected chi connectivity index (χ1v) is 13.8. The van der Waals surface area contributed by atoms with E-state index in [1.165, 1.54) is 22.3 Å². The topological polar surface area (TPSA) is 65.4 Å². The van der Waals surface area contributed by atoms with Crippen LogP contribution in [0.25, 0.3) is 0 Å². The minimum atomic E-state index is 0.331. The second-order valence-corrected chi connectivity index (χ2v) is 10.5. The van der Waals surface area contributed by atoms with Gasteiger partial charge in [-0.1, -0.05) is 48.5 Å². The van der Waals surface area contributed by atoms with Crippen LogP contribution < -0.4 is 9.47 Å². The van der Waals surface area contributed by atoms with Gasteiger partial charge in [-0.05, 0) is 71.5 Å². The molecule has 1 aliphatic rings. The maximum Gasteiger partial charge on any atom is 0.120 e. The number of phenols is 2. The summed E-state index contributed by atoms with van der Waals surface area (Å²) in [5.41, 5.74) is 6.64. The van der Waals surface area contributed by atoms with Gasteiger partial charge in [-0.25, -0.2) is 0 Å².